The summed E-state index contributed by atoms with van der Waals surface area (Å²) >= 11 is 0. The Balaban J connectivity index is 1.79. The van der Waals surface area contributed by atoms with Gasteiger partial charge in [0.15, 0.2) is 0 Å². The summed E-state index contributed by atoms with van der Waals surface area (Å²) in [4.78, 5) is 2.15. The molecule has 0 aromatic rings. The fourth-order valence-electron chi connectivity index (χ4n) is 2.12. The van der Waals surface area contributed by atoms with Gasteiger partial charge in [0.2, 0.25) is 0 Å². The molecule has 82 valence electrons. The van der Waals surface area contributed by atoms with Crippen LogP contribution >= 0.6 is 0 Å². The topological polar surface area (TPSA) is 29.3 Å². The molecule has 0 bridgehead atoms. The molecule has 0 aromatic heterocycles. The molecule has 0 spiro atoms. The van der Waals surface area contributed by atoms with Crippen LogP contribution in [0.25, 0.3) is 0 Å². The zero-order valence-corrected chi connectivity index (χ0v) is 8.44. The summed E-state index contributed by atoms with van der Waals surface area (Å²) < 4.78 is 25.7. The minimum absolute atomic E-state index is 0.0215. The molecule has 2 aliphatic rings. The van der Waals surface area contributed by atoms with Crippen molar-refractivity contribution in [2.75, 3.05) is 26.2 Å². The molecule has 0 aromatic carbocycles. The number of halogens is 2. The van der Waals surface area contributed by atoms with Crippen LogP contribution in [0.3, 0.4) is 0 Å². The third-order valence-electron chi connectivity index (χ3n) is 3.54. The lowest BCUT2D eigenvalue weighted by Gasteiger charge is -2.33. The van der Waals surface area contributed by atoms with Crippen LogP contribution in [0.5, 0.6) is 0 Å². The fraction of sp³-hybridized carbons (Fsp3) is 1.00. The van der Waals surface area contributed by atoms with E-state index in [4.69, 9.17) is 5.73 Å². The van der Waals surface area contributed by atoms with Gasteiger partial charge in [0.1, 0.15) is 0 Å². The van der Waals surface area contributed by atoms with E-state index in [9.17, 15) is 8.78 Å². The van der Waals surface area contributed by atoms with Crippen LogP contribution in [0.15, 0.2) is 0 Å². The van der Waals surface area contributed by atoms with Crippen LogP contribution in [-0.4, -0.2) is 37.0 Å². The summed E-state index contributed by atoms with van der Waals surface area (Å²) in [5.74, 6) is -2.42. The Morgan fingerprint density at radius 3 is 2.07 bits per heavy atom. The van der Waals surface area contributed by atoms with Crippen LogP contribution in [0.2, 0.25) is 0 Å². The first kappa shape index (κ1) is 10.3. The van der Waals surface area contributed by atoms with Crippen molar-refractivity contribution < 1.29 is 8.78 Å². The number of piperidine rings is 1. The van der Waals surface area contributed by atoms with Gasteiger partial charge in [-0.05, 0) is 24.8 Å². The van der Waals surface area contributed by atoms with Gasteiger partial charge in [-0.25, -0.2) is 8.78 Å². The zero-order chi connectivity index (χ0) is 10.2. The zero-order valence-electron chi connectivity index (χ0n) is 8.44. The predicted octanol–water partition coefficient (Wildman–Crippen LogP) is 1.46. The Morgan fingerprint density at radius 1 is 1.07 bits per heavy atom. The first-order valence-electron chi connectivity index (χ1n) is 5.36. The molecule has 1 heterocycles. The third-order valence-corrected chi connectivity index (χ3v) is 3.54. The minimum Gasteiger partial charge on any atom is -0.330 e. The first-order valence-corrected chi connectivity index (χ1v) is 5.36. The number of hydrogen-bond acceptors (Lipinski definition) is 2. The van der Waals surface area contributed by atoms with E-state index in [-0.39, 0.29) is 18.3 Å². The van der Waals surface area contributed by atoms with Crippen LogP contribution in [0, 0.1) is 5.41 Å². The van der Waals surface area contributed by atoms with Gasteiger partial charge in [-0.2, -0.15) is 0 Å². The monoisotopic (exact) mass is 204 g/mol. The van der Waals surface area contributed by atoms with E-state index < -0.39 is 5.92 Å². The lowest BCUT2D eigenvalue weighted by atomic mass is 10.0. The Hall–Kier alpha value is -0.220. The van der Waals surface area contributed by atoms with E-state index in [1.807, 2.05) is 0 Å². The molecule has 1 saturated carbocycles. The molecule has 2 nitrogen and oxygen atoms in total. The minimum atomic E-state index is -2.42. The highest BCUT2D eigenvalue weighted by molar-refractivity contribution is 4.97. The molecular formula is C10H18F2N2. The maximum atomic E-state index is 12.9. The second kappa shape index (κ2) is 3.42. The third kappa shape index (κ3) is 2.23. The van der Waals surface area contributed by atoms with Gasteiger partial charge in [-0.3, -0.25) is 0 Å². The quantitative estimate of drug-likeness (QED) is 0.754. The molecule has 14 heavy (non-hydrogen) atoms. The number of likely N-dealkylation sites (tertiary alicyclic amines) is 1. The normalized spacial score (nSPS) is 30.2. The van der Waals surface area contributed by atoms with Gasteiger partial charge >= 0.3 is 0 Å². The summed E-state index contributed by atoms with van der Waals surface area (Å²) in [5, 5.41) is 0. The van der Waals surface area contributed by atoms with Gasteiger partial charge in [-0.15, -0.1) is 0 Å². The standard InChI is InChI=1S/C10H18F2N2/c11-10(12)3-5-14(6-4-10)8-9(7-13)1-2-9/h1-8,13H2. The summed E-state index contributed by atoms with van der Waals surface area (Å²) in [7, 11) is 0. The molecule has 2 fully saturated rings. The van der Waals surface area contributed by atoms with E-state index in [2.05, 4.69) is 4.90 Å². The number of hydrogen-bond donors (Lipinski definition) is 1. The fourth-order valence-corrected chi connectivity index (χ4v) is 2.12. The highest BCUT2D eigenvalue weighted by Crippen LogP contribution is 2.45. The molecule has 0 amide bonds. The average Bonchev–Trinajstić information content (AvgIpc) is 2.90. The molecule has 1 saturated heterocycles. The van der Waals surface area contributed by atoms with E-state index in [1.165, 1.54) is 12.8 Å². The largest absolute Gasteiger partial charge is 0.330 e. The second-order valence-electron chi connectivity index (χ2n) is 4.84. The number of alkyl halides is 2. The van der Waals surface area contributed by atoms with Crippen molar-refractivity contribution in [3.63, 3.8) is 0 Å². The lowest BCUT2D eigenvalue weighted by molar-refractivity contribution is -0.0579. The van der Waals surface area contributed by atoms with E-state index >= 15 is 0 Å². The highest BCUT2D eigenvalue weighted by atomic mass is 19.3. The van der Waals surface area contributed by atoms with E-state index in [1.54, 1.807) is 0 Å². The van der Waals surface area contributed by atoms with Crippen molar-refractivity contribution in [2.45, 2.75) is 31.6 Å². The number of rotatable bonds is 3. The summed E-state index contributed by atoms with van der Waals surface area (Å²) in [6, 6.07) is 0. The molecular weight excluding hydrogens is 186 g/mol. The van der Waals surface area contributed by atoms with Crippen molar-refractivity contribution in [2.24, 2.45) is 11.1 Å². The van der Waals surface area contributed by atoms with Crippen LogP contribution in [0.1, 0.15) is 25.7 Å². The highest BCUT2D eigenvalue weighted by Gasteiger charge is 2.44. The van der Waals surface area contributed by atoms with E-state index in [0.29, 0.717) is 19.6 Å². The Labute approximate surface area is 83.4 Å². The lowest BCUT2D eigenvalue weighted by Crippen LogP contribution is -2.43. The van der Waals surface area contributed by atoms with Gasteiger partial charge in [0.05, 0.1) is 0 Å². The van der Waals surface area contributed by atoms with Gasteiger partial charge in [0, 0.05) is 32.5 Å². The molecule has 2 N–H and O–H groups in total. The van der Waals surface area contributed by atoms with Gasteiger partial charge in [-0.1, -0.05) is 0 Å². The predicted molar refractivity (Wildman–Crippen MR) is 51.3 cm³/mol. The summed E-state index contributed by atoms with van der Waals surface area (Å²) in [6.07, 6.45) is 2.40. The molecule has 0 unspecified atom stereocenters. The SMILES string of the molecule is NCC1(CN2CCC(F)(F)CC2)CC1. The Bertz CT molecular complexity index is 204. The Morgan fingerprint density at radius 2 is 1.64 bits per heavy atom. The maximum Gasteiger partial charge on any atom is 0.250 e. The van der Waals surface area contributed by atoms with Crippen molar-refractivity contribution in [1.82, 2.24) is 4.90 Å². The van der Waals surface area contributed by atoms with Crippen molar-refractivity contribution in [3.8, 4) is 0 Å². The summed E-state index contributed by atoms with van der Waals surface area (Å²) in [6.45, 7) is 2.71. The summed E-state index contributed by atoms with van der Waals surface area (Å²) in [5.41, 5.74) is 5.95. The molecule has 0 radical (unpaired) electrons. The second-order valence-corrected chi connectivity index (χ2v) is 4.84. The van der Waals surface area contributed by atoms with E-state index in [0.717, 1.165) is 6.54 Å². The van der Waals surface area contributed by atoms with Crippen molar-refractivity contribution >= 4 is 0 Å². The molecule has 1 aliphatic carbocycles. The smallest absolute Gasteiger partial charge is 0.250 e. The van der Waals surface area contributed by atoms with Crippen LogP contribution in [-0.2, 0) is 0 Å². The molecule has 4 heteroatoms. The molecule has 2 rings (SSSR count). The van der Waals surface area contributed by atoms with Gasteiger partial charge < -0.3 is 10.6 Å². The first-order chi connectivity index (χ1) is 6.55. The Kier molecular flexibility index (Phi) is 2.52. The van der Waals surface area contributed by atoms with Crippen molar-refractivity contribution in [1.29, 1.82) is 0 Å². The maximum absolute atomic E-state index is 12.9. The van der Waals surface area contributed by atoms with Crippen LogP contribution < -0.4 is 5.73 Å². The number of nitrogens with two attached hydrogens (primary N) is 1. The molecule has 0 atom stereocenters. The molecule has 1 aliphatic heterocycles. The van der Waals surface area contributed by atoms with Crippen molar-refractivity contribution in [3.05, 3.63) is 0 Å². The number of nitrogens with zero attached hydrogens (tertiary/aromatic N) is 1. The van der Waals surface area contributed by atoms with Crippen LogP contribution in [0.4, 0.5) is 8.78 Å². The average molecular weight is 204 g/mol. The van der Waals surface area contributed by atoms with Gasteiger partial charge in [0.25, 0.3) is 5.92 Å².